The molecule has 0 unspecified atom stereocenters. The van der Waals surface area contributed by atoms with Gasteiger partial charge in [0.05, 0.1) is 12.2 Å². The van der Waals surface area contributed by atoms with E-state index in [4.69, 9.17) is 20.6 Å². The molecule has 0 radical (unpaired) electrons. The Labute approximate surface area is 89.5 Å². The first kappa shape index (κ1) is 10.9. The van der Waals surface area contributed by atoms with Gasteiger partial charge in [-0.3, -0.25) is 0 Å². The lowest BCUT2D eigenvalue weighted by atomic mass is 10.1. The average Bonchev–Trinajstić information content (AvgIpc) is 2.57. The van der Waals surface area contributed by atoms with Crippen molar-refractivity contribution in [2.24, 2.45) is 0 Å². The first-order valence-electron chi connectivity index (χ1n) is 5.14. The van der Waals surface area contributed by atoms with Crippen molar-refractivity contribution in [1.29, 1.82) is 0 Å². The lowest BCUT2D eigenvalue weighted by Gasteiger charge is -2.22. The van der Waals surface area contributed by atoms with Crippen LogP contribution in [0.3, 0.4) is 0 Å². The summed E-state index contributed by atoms with van der Waals surface area (Å²) in [7, 11) is 0. The van der Waals surface area contributed by atoms with E-state index >= 15 is 0 Å². The Kier molecular flexibility index (Phi) is 2.73. The zero-order chi connectivity index (χ0) is 11.1. The third-order valence-corrected chi connectivity index (χ3v) is 2.67. The van der Waals surface area contributed by atoms with E-state index in [1.165, 1.54) is 0 Å². The van der Waals surface area contributed by atoms with Gasteiger partial charge in [-0.1, -0.05) is 0 Å². The van der Waals surface area contributed by atoms with Gasteiger partial charge in [0.1, 0.15) is 6.10 Å². The quantitative estimate of drug-likeness (QED) is 0.682. The van der Waals surface area contributed by atoms with E-state index in [9.17, 15) is 5.11 Å². The second kappa shape index (κ2) is 3.76. The molecule has 0 bridgehead atoms. The van der Waals surface area contributed by atoms with Crippen LogP contribution < -0.4 is 0 Å². The Morgan fingerprint density at radius 1 is 1.53 bits per heavy atom. The summed E-state index contributed by atoms with van der Waals surface area (Å²) in [5.74, 6) is 1.83. The van der Waals surface area contributed by atoms with E-state index in [0.29, 0.717) is 12.8 Å². The SMILES string of the molecule is C#CC[C@@H](O)[C@@H]1C[C@H]2OC(C)(C)O[C@H]2O1. The van der Waals surface area contributed by atoms with Crippen LogP contribution >= 0.6 is 0 Å². The molecule has 0 aromatic rings. The molecule has 2 fully saturated rings. The van der Waals surface area contributed by atoms with Gasteiger partial charge >= 0.3 is 0 Å². The zero-order valence-electron chi connectivity index (χ0n) is 8.97. The highest BCUT2D eigenvalue weighted by Crippen LogP contribution is 2.38. The molecule has 4 atom stereocenters. The maximum absolute atomic E-state index is 9.66. The number of hydrogen-bond acceptors (Lipinski definition) is 4. The summed E-state index contributed by atoms with van der Waals surface area (Å²) in [6.45, 7) is 3.70. The van der Waals surface area contributed by atoms with Crippen molar-refractivity contribution in [2.45, 2.75) is 57.1 Å². The molecule has 2 rings (SSSR count). The van der Waals surface area contributed by atoms with Gasteiger partial charge in [-0.25, -0.2) is 0 Å². The van der Waals surface area contributed by atoms with E-state index in [0.717, 1.165) is 0 Å². The average molecular weight is 212 g/mol. The second-order valence-corrected chi connectivity index (χ2v) is 4.43. The first-order valence-corrected chi connectivity index (χ1v) is 5.14. The maximum atomic E-state index is 9.66. The standard InChI is InChI=1S/C11H16O4/c1-4-5-7(12)8-6-9-10(13-8)15-11(2,3)14-9/h1,7-10,12H,5-6H2,2-3H3/t7-,8+,9-,10-/m1/s1. The van der Waals surface area contributed by atoms with E-state index in [1.807, 2.05) is 13.8 Å². The molecule has 0 saturated carbocycles. The number of hydrogen-bond donors (Lipinski definition) is 1. The van der Waals surface area contributed by atoms with Crippen LogP contribution in [-0.4, -0.2) is 35.5 Å². The highest BCUT2D eigenvalue weighted by molar-refractivity contribution is 4.94. The van der Waals surface area contributed by atoms with Crippen LogP contribution in [0.4, 0.5) is 0 Å². The van der Waals surface area contributed by atoms with Gasteiger partial charge in [-0.05, 0) is 13.8 Å². The molecule has 4 heteroatoms. The normalized spacial score (nSPS) is 39.7. The lowest BCUT2D eigenvalue weighted by Crippen LogP contribution is -2.30. The molecule has 0 aromatic carbocycles. The van der Waals surface area contributed by atoms with Gasteiger partial charge in [0, 0.05) is 12.8 Å². The summed E-state index contributed by atoms with van der Waals surface area (Å²) < 4.78 is 16.7. The Hall–Kier alpha value is -0.600. The fourth-order valence-electron chi connectivity index (χ4n) is 2.03. The van der Waals surface area contributed by atoms with Crippen LogP contribution in [-0.2, 0) is 14.2 Å². The number of ether oxygens (including phenoxy) is 3. The van der Waals surface area contributed by atoms with Crippen molar-refractivity contribution in [3.63, 3.8) is 0 Å². The van der Waals surface area contributed by atoms with E-state index in [2.05, 4.69) is 5.92 Å². The van der Waals surface area contributed by atoms with Crippen molar-refractivity contribution >= 4 is 0 Å². The summed E-state index contributed by atoms with van der Waals surface area (Å²) in [4.78, 5) is 0. The van der Waals surface area contributed by atoms with Gasteiger partial charge < -0.3 is 19.3 Å². The predicted octanol–water partition coefficient (Wildman–Crippen LogP) is 0.637. The van der Waals surface area contributed by atoms with Crippen molar-refractivity contribution in [3.05, 3.63) is 0 Å². The van der Waals surface area contributed by atoms with Gasteiger partial charge in [0.25, 0.3) is 0 Å². The van der Waals surface area contributed by atoms with Crippen LogP contribution in [0.25, 0.3) is 0 Å². The number of terminal acetylenes is 1. The number of aliphatic hydroxyl groups is 1. The minimum absolute atomic E-state index is 0.0857. The Bertz CT molecular complexity index is 265. The van der Waals surface area contributed by atoms with Gasteiger partial charge in [-0.2, -0.15) is 0 Å². The summed E-state index contributed by atoms with van der Waals surface area (Å²) in [6, 6.07) is 0. The Balaban J connectivity index is 1.91. The molecule has 4 nitrogen and oxygen atoms in total. The number of fused-ring (bicyclic) bond motifs is 1. The Morgan fingerprint density at radius 3 is 2.87 bits per heavy atom. The molecular formula is C11H16O4. The van der Waals surface area contributed by atoms with Crippen LogP contribution in [0, 0.1) is 12.3 Å². The van der Waals surface area contributed by atoms with Crippen molar-refractivity contribution in [1.82, 2.24) is 0 Å². The van der Waals surface area contributed by atoms with Crippen LogP contribution in [0.1, 0.15) is 26.7 Å². The van der Waals surface area contributed by atoms with Crippen molar-refractivity contribution in [3.8, 4) is 12.3 Å². The summed E-state index contributed by atoms with van der Waals surface area (Å²) in [6.07, 6.45) is 4.71. The highest BCUT2D eigenvalue weighted by Gasteiger charge is 2.49. The largest absolute Gasteiger partial charge is 0.389 e. The molecular weight excluding hydrogens is 196 g/mol. The van der Waals surface area contributed by atoms with Crippen molar-refractivity contribution in [2.75, 3.05) is 0 Å². The first-order chi connectivity index (χ1) is 7.02. The molecule has 2 aliphatic heterocycles. The molecule has 2 heterocycles. The molecule has 0 aromatic heterocycles. The van der Waals surface area contributed by atoms with Gasteiger partial charge in [-0.15, -0.1) is 12.3 Å². The number of aliphatic hydroxyl groups excluding tert-OH is 1. The minimum atomic E-state index is -0.629. The Morgan fingerprint density at radius 2 is 2.27 bits per heavy atom. The minimum Gasteiger partial charge on any atom is -0.389 e. The highest BCUT2D eigenvalue weighted by atomic mass is 16.8. The van der Waals surface area contributed by atoms with E-state index in [-0.39, 0.29) is 18.5 Å². The lowest BCUT2D eigenvalue weighted by molar-refractivity contribution is -0.213. The number of rotatable bonds is 2. The fraction of sp³-hybridized carbons (Fsp3) is 0.818. The summed E-state index contributed by atoms with van der Waals surface area (Å²) in [5.41, 5.74) is 0. The zero-order valence-corrected chi connectivity index (χ0v) is 8.97. The van der Waals surface area contributed by atoms with Gasteiger partial charge in [0.2, 0.25) is 0 Å². The smallest absolute Gasteiger partial charge is 0.187 e. The molecule has 15 heavy (non-hydrogen) atoms. The fourth-order valence-corrected chi connectivity index (χ4v) is 2.03. The van der Waals surface area contributed by atoms with Gasteiger partial charge in [0.15, 0.2) is 12.1 Å². The van der Waals surface area contributed by atoms with Crippen LogP contribution in [0.2, 0.25) is 0 Å². The molecule has 2 aliphatic rings. The molecule has 84 valence electrons. The van der Waals surface area contributed by atoms with E-state index in [1.54, 1.807) is 0 Å². The van der Waals surface area contributed by atoms with Crippen LogP contribution in [0.5, 0.6) is 0 Å². The molecule has 0 amide bonds. The molecule has 2 saturated heterocycles. The third-order valence-electron chi connectivity index (χ3n) is 2.67. The molecule has 0 aliphatic carbocycles. The molecule has 0 spiro atoms. The monoisotopic (exact) mass is 212 g/mol. The van der Waals surface area contributed by atoms with Crippen molar-refractivity contribution < 1.29 is 19.3 Å². The predicted molar refractivity (Wildman–Crippen MR) is 52.8 cm³/mol. The second-order valence-electron chi connectivity index (χ2n) is 4.43. The van der Waals surface area contributed by atoms with E-state index < -0.39 is 11.9 Å². The third kappa shape index (κ3) is 2.16. The topological polar surface area (TPSA) is 47.9 Å². The van der Waals surface area contributed by atoms with Crippen LogP contribution in [0.15, 0.2) is 0 Å². The maximum Gasteiger partial charge on any atom is 0.187 e. The summed E-state index contributed by atoms with van der Waals surface area (Å²) >= 11 is 0. The summed E-state index contributed by atoms with van der Waals surface area (Å²) in [5, 5.41) is 9.66. The molecule has 1 N–H and O–H groups in total.